The number of thioether (sulfide) groups is 1. The number of hydrogen-bond acceptors (Lipinski definition) is 9. The van der Waals surface area contributed by atoms with E-state index in [4.69, 9.17) is 9.47 Å². The zero-order valence-corrected chi connectivity index (χ0v) is 21.6. The lowest BCUT2D eigenvalue weighted by Gasteiger charge is -2.36. The summed E-state index contributed by atoms with van der Waals surface area (Å²) >= 11 is 1.54. The van der Waals surface area contributed by atoms with Crippen LogP contribution in [0.3, 0.4) is 0 Å². The number of tetrazole rings is 1. The Hall–Kier alpha value is -3.64. The number of aryl methyl sites for hydroxylation is 1. The zero-order chi connectivity index (χ0) is 26.3. The van der Waals surface area contributed by atoms with Crippen molar-refractivity contribution in [3.63, 3.8) is 0 Å². The largest absolute Gasteiger partial charge is 0.392 e. The molecule has 11 heteroatoms. The van der Waals surface area contributed by atoms with E-state index in [9.17, 15) is 9.90 Å². The molecule has 38 heavy (non-hydrogen) atoms. The number of nitrogens with one attached hydrogen (secondary N) is 1. The van der Waals surface area contributed by atoms with Crippen LogP contribution in [0.1, 0.15) is 51.4 Å². The van der Waals surface area contributed by atoms with E-state index < -0.39 is 6.29 Å². The maximum atomic E-state index is 12.3. The molecule has 3 unspecified atom stereocenters. The van der Waals surface area contributed by atoms with Crippen LogP contribution in [-0.2, 0) is 29.7 Å². The fourth-order valence-corrected chi connectivity index (χ4v) is 4.98. The van der Waals surface area contributed by atoms with Crippen molar-refractivity contribution >= 4 is 17.7 Å². The molecular formula is C27H28N6O4S. The highest BCUT2D eigenvalue weighted by Gasteiger charge is 2.32. The summed E-state index contributed by atoms with van der Waals surface area (Å²) < 4.78 is 14.4. The van der Waals surface area contributed by atoms with Crippen molar-refractivity contribution in [2.24, 2.45) is 7.05 Å². The molecule has 5 rings (SSSR count). The van der Waals surface area contributed by atoms with Gasteiger partial charge in [0.25, 0.3) is 5.91 Å². The average Bonchev–Trinajstić information content (AvgIpc) is 3.39. The molecule has 2 N–H and O–H groups in total. The van der Waals surface area contributed by atoms with Crippen LogP contribution in [0.4, 0.5) is 0 Å². The van der Waals surface area contributed by atoms with Crippen LogP contribution in [0, 0.1) is 0 Å². The van der Waals surface area contributed by atoms with Gasteiger partial charge in [-0.1, -0.05) is 60.3 Å². The van der Waals surface area contributed by atoms with Crippen molar-refractivity contribution in [3.05, 3.63) is 101 Å². The van der Waals surface area contributed by atoms with E-state index >= 15 is 0 Å². The first kappa shape index (κ1) is 26.0. The normalized spacial score (nSPS) is 19.3. The van der Waals surface area contributed by atoms with Gasteiger partial charge >= 0.3 is 0 Å². The number of aromatic nitrogens is 5. The molecule has 196 valence electrons. The molecule has 1 amide bonds. The second kappa shape index (κ2) is 12.3. The van der Waals surface area contributed by atoms with Gasteiger partial charge in [-0.15, -0.1) is 5.10 Å². The van der Waals surface area contributed by atoms with Crippen LogP contribution >= 0.6 is 11.8 Å². The summed E-state index contributed by atoms with van der Waals surface area (Å²) in [4.78, 5) is 16.3. The van der Waals surface area contributed by atoms with E-state index in [1.807, 2.05) is 55.6 Å². The Labute approximate surface area is 224 Å². The molecule has 1 aliphatic heterocycles. The van der Waals surface area contributed by atoms with Crippen LogP contribution < -0.4 is 5.32 Å². The minimum Gasteiger partial charge on any atom is -0.392 e. The van der Waals surface area contributed by atoms with E-state index in [2.05, 4.69) is 25.8 Å². The zero-order valence-electron chi connectivity index (χ0n) is 20.8. The van der Waals surface area contributed by atoms with E-state index in [0.29, 0.717) is 24.3 Å². The Morgan fingerprint density at radius 2 is 1.84 bits per heavy atom. The molecule has 4 aromatic rings. The number of aliphatic hydroxyl groups excluding tert-OH is 1. The van der Waals surface area contributed by atoms with Crippen LogP contribution in [0.15, 0.2) is 78.2 Å². The van der Waals surface area contributed by atoms with Crippen molar-refractivity contribution in [3.8, 4) is 0 Å². The van der Waals surface area contributed by atoms with E-state index in [1.165, 1.54) is 11.8 Å². The SMILES string of the molecule is Cn1nnnc1SCC1CC(c2ccc(CO)cc2)OC(c2ccc(CNC(=O)c3cccnc3)cc2)O1. The molecule has 10 nitrogen and oxygen atoms in total. The topological polar surface area (TPSA) is 124 Å². The first-order chi connectivity index (χ1) is 18.6. The molecule has 0 bridgehead atoms. The maximum absolute atomic E-state index is 12.3. The third-order valence-corrected chi connectivity index (χ3v) is 7.37. The number of hydrogen-bond donors (Lipinski definition) is 2. The molecule has 0 spiro atoms. The molecule has 3 heterocycles. The van der Waals surface area contributed by atoms with Crippen LogP contribution in [-0.4, -0.2) is 48.1 Å². The third-order valence-electron chi connectivity index (χ3n) is 6.22. The fraction of sp³-hybridized carbons (Fsp3) is 0.296. The predicted octanol–water partition coefficient (Wildman–Crippen LogP) is 3.37. The Bertz CT molecular complexity index is 1330. The number of ether oxygens (including phenoxy) is 2. The Kier molecular flexibility index (Phi) is 8.39. The van der Waals surface area contributed by atoms with Crippen molar-refractivity contribution < 1.29 is 19.4 Å². The lowest BCUT2D eigenvalue weighted by Crippen LogP contribution is -2.31. The molecule has 2 aromatic carbocycles. The second-order valence-corrected chi connectivity index (χ2v) is 9.90. The number of amides is 1. The van der Waals surface area contributed by atoms with Gasteiger partial charge in [-0.25, -0.2) is 4.68 Å². The number of benzene rings is 2. The number of carbonyl (C=O) groups is 1. The van der Waals surface area contributed by atoms with Crippen molar-refractivity contribution in [2.75, 3.05) is 5.75 Å². The third kappa shape index (κ3) is 6.43. The summed E-state index contributed by atoms with van der Waals surface area (Å²) in [5, 5.41) is 24.7. The number of carbonyl (C=O) groups excluding carboxylic acids is 1. The highest BCUT2D eigenvalue weighted by Crippen LogP contribution is 2.39. The molecule has 1 fully saturated rings. The highest BCUT2D eigenvalue weighted by atomic mass is 32.2. The molecule has 3 atom stereocenters. The van der Waals surface area contributed by atoms with Gasteiger partial charge < -0.3 is 19.9 Å². The van der Waals surface area contributed by atoms with Gasteiger partial charge in [0.2, 0.25) is 5.16 Å². The van der Waals surface area contributed by atoms with E-state index in [0.717, 1.165) is 27.4 Å². The maximum Gasteiger partial charge on any atom is 0.253 e. The van der Waals surface area contributed by atoms with Crippen molar-refractivity contribution in [2.45, 2.75) is 43.2 Å². The minimum atomic E-state index is -0.562. The Balaban J connectivity index is 1.27. The number of pyridine rings is 1. The molecular weight excluding hydrogens is 504 g/mol. The van der Waals surface area contributed by atoms with Gasteiger partial charge in [-0.2, -0.15) is 0 Å². The lowest BCUT2D eigenvalue weighted by molar-refractivity contribution is -0.245. The fourth-order valence-electron chi connectivity index (χ4n) is 4.11. The standard InChI is InChI=1S/C27H28N6O4S/c1-33-27(30-31-32-33)38-17-23-13-24(20-8-6-19(16-34)7-9-20)37-26(36-23)21-10-4-18(5-11-21)14-29-25(35)22-3-2-12-28-15-22/h2-12,15,23-24,26,34H,13-14,16-17H2,1H3,(H,29,35). The summed E-state index contributed by atoms with van der Waals surface area (Å²) in [6.07, 6.45) is 3.01. The van der Waals surface area contributed by atoms with E-state index in [1.54, 1.807) is 29.2 Å². The quantitative estimate of drug-likeness (QED) is 0.312. The Morgan fingerprint density at radius 1 is 1.08 bits per heavy atom. The van der Waals surface area contributed by atoms with Gasteiger partial charge in [-0.05, 0) is 39.2 Å². The first-order valence-electron chi connectivity index (χ1n) is 12.2. The molecule has 0 saturated carbocycles. The smallest absolute Gasteiger partial charge is 0.253 e. The van der Waals surface area contributed by atoms with Crippen LogP contribution in [0.5, 0.6) is 0 Å². The second-order valence-electron chi connectivity index (χ2n) is 8.91. The molecule has 1 saturated heterocycles. The average molecular weight is 533 g/mol. The summed E-state index contributed by atoms with van der Waals surface area (Å²) in [6.45, 7) is 0.392. The summed E-state index contributed by atoms with van der Waals surface area (Å²) in [7, 11) is 1.81. The predicted molar refractivity (Wildman–Crippen MR) is 140 cm³/mol. The number of aliphatic hydroxyl groups is 1. The van der Waals surface area contributed by atoms with Crippen molar-refractivity contribution in [1.29, 1.82) is 0 Å². The lowest BCUT2D eigenvalue weighted by atomic mass is 10.0. The summed E-state index contributed by atoms with van der Waals surface area (Å²) in [5.74, 6) is 0.493. The van der Waals surface area contributed by atoms with Crippen LogP contribution in [0.25, 0.3) is 0 Å². The van der Waals surface area contributed by atoms with Gasteiger partial charge in [0.15, 0.2) is 6.29 Å². The van der Waals surface area contributed by atoms with Gasteiger partial charge in [0.1, 0.15) is 0 Å². The van der Waals surface area contributed by atoms with Crippen molar-refractivity contribution in [1.82, 2.24) is 30.5 Å². The minimum absolute atomic E-state index is 0.00240. The van der Waals surface area contributed by atoms with Gasteiger partial charge in [-0.3, -0.25) is 9.78 Å². The molecule has 1 aliphatic rings. The van der Waals surface area contributed by atoms with E-state index in [-0.39, 0.29) is 24.7 Å². The van der Waals surface area contributed by atoms with Gasteiger partial charge in [0, 0.05) is 43.7 Å². The first-order valence-corrected chi connectivity index (χ1v) is 13.2. The number of nitrogens with zero attached hydrogens (tertiary/aromatic N) is 5. The summed E-state index contributed by atoms with van der Waals surface area (Å²) in [5.41, 5.74) is 4.25. The molecule has 2 aromatic heterocycles. The summed E-state index contributed by atoms with van der Waals surface area (Å²) in [6, 6.07) is 19.1. The number of rotatable bonds is 9. The van der Waals surface area contributed by atoms with Gasteiger partial charge in [0.05, 0.1) is 24.4 Å². The highest BCUT2D eigenvalue weighted by molar-refractivity contribution is 7.99. The monoisotopic (exact) mass is 532 g/mol. The Morgan fingerprint density at radius 3 is 2.53 bits per heavy atom. The van der Waals surface area contributed by atoms with Crippen LogP contribution in [0.2, 0.25) is 0 Å². The molecule has 0 radical (unpaired) electrons. The molecule has 0 aliphatic carbocycles.